The second-order valence-corrected chi connectivity index (χ2v) is 11.7. The smallest absolute Gasteiger partial charge is 0.324 e. The summed E-state index contributed by atoms with van der Waals surface area (Å²) < 4.78 is 11.0. The summed E-state index contributed by atoms with van der Waals surface area (Å²) in [6, 6.07) is 3.38. The van der Waals surface area contributed by atoms with Gasteiger partial charge in [0.25, 0.3) is 0 Å². The van der Waals surface area contributed by atoms with Crippen molar-refractivity contribution in [1.29, 1.82) is 0 Å². The van der Waals surface area contributed by atoms with Gasteiger partial charge in [0.1, 0.15) is 0 Å². The molecule has 0 amide bonds. The molecule has 0 fully saturated rings. The molecular weight excluding hydrogens is 215 g/mol. The molecule has 0 aliphatic heterocycles. The number of rotatable bonds is 6. The minimum atomic E-state index is -3.82. The highest BCUT2D eigenvalue weighted by Crippen LogP contribution is 2.45. The molecule has 86 valence electrons. The molecule has 0 saturated heterocycles. The molecule has 0 aromatic heterocycles. The van der Waals surface area contributed by atoms with Crippen LogP contribution < -0.4 is 0 Å². The molecule has 14 heavy (non-hydrogen) atoms. The van der Waals surface area contributed by atoms with Gasteiger partial charge in [-0.25, -0.2) is 0 Å². The highest BCUT2D eigenvalue weighted by molar-refractivity contribution is 7.52. The van der Waals surface area contributed by atoms with Crippen molar-refractivity contribution in [1.82, 2.24) is 0 Å². The fourth-order valence-corrected chi connectivity index (χ4v) is 8.91. The summed E-state index contributed by atoms with van der Waals surface area (Å²) in [6.45, 7) is 8.50. The zero-order chi connectivity index (χ0) is 11.4. The summed E-state index contributed by atoms with van der Waals surface area (Å²) >= 11 is 0. The van der Waals surface area contributed by atoms with Gasteiger partial charge in [0.2, 0.25) is 0 Å². The third kappa shape index (κ3) is 3.85. The predicted octanol–water partition coefficient (Wildman–Crippen LogP) is 3.06. The molecule has 0 aliphatic rings. The van der Waals surface area contributed by atoms with E-state index < -0.39 is 15.7 Å². The molecule has 0 aliphatic carbocycles. The second kappa shape index (κ2) is 5.45. The van der Waals surface area contributed by atoms with Gasteiger partial charge in [-0.05, 0) is 5.54 Å². The fourth-order valence-electron chi connectivity index (χ4n) is 2.35. The van der Waals surface area contributed by atoms with Crippen LogP contribution in [-0.2, 0) is 4.57 Å². The van der Waals surface area contributed by atoms with Crippen molar-refractivity contribution in [2.75, 3.05) is 6.16 Å². The Labute approximate surface area is 88.1 Å². The molecule has 0 bridgehead atoms. The van der Waals surface area contributed by atoms with Gasteiger partial charge in [0.05, 0.1) is 14.2 Å². The first kappa shape index (κ1) is 14.4. The Bertz CT molecular complexity index is 202. The average molecular weight is 238 g/mol. The maximum Gasteiger partial charge on any atom is 0.325 e. The summed E-state index contributed by atoms with van der Waals surface area (Å²) in [6.07, 6.45) is 0.0781. The monoisotopic (exact) mass is 238 g/mol. The molecule has 0 aromatic carbocycles. The van der Waals surface area contributed by atoms with Gasteiger partial charge >= 0.3 is 7.60 Å². The van der Waals surface area contributed by atoms with Crippen molar-refractivity contribution in [3.8, 4) is 0 Å². The predicted molar refractivity (Wildman–Crippen MR) is 63.5 cm³/mol. The van der Waals surface area contributed by atoms with E-state index >= 15 is 0 Å². The standard InChI is InChI=1S/C9H23O3PSi/c1-5-14(6-2,7-3)9(4)8-13(10,11)12/h9H,5-8H2,1-4H3,(H2,10,11,12)/t9-/m1/s1. The molecule has 0 aromatic rings. The Kier molecular flexibility index (Phi) is 5.59. The van der Waals surface area contributed by atoms with Crippen LogP contribution in [0.5, 0.6) is 0 Å². The molecule has 2 N–H and O–H groups in total. The summed E-state index contributed by atoms with van der Waals surface area (Å²) in [7, 11) is -5.25. The summed E-state index contributed by atoms with van der Waals surface area (Å²) in [5.74, 6) is 0. The number of hydrogen-bond acceptors (Lipinski definition) is 1. The SMILES string of the molecule is CC[Si](CC)(CC)[C@H](C)CP(=O)(O)O. The first-order valence-corrected chi connectivity index (χ1v) is 9.85. The number of hydrogen-bond donors (Lipinski definition) is 2. The van der Waals surface area contributed by atoms with E-state index in [0.717, 1.165) is 18.1 Å². The summed E-state index contributed by atoms with van der Waals surface area (Å²) in [5, 5.41) is 0. The first-order valence-electron chi connectivity index (χ1n) is 5.36. The minimum absolute atomic E-state index is 0.0781. The first-order chi connectivity index (χ1) is 6.31. The van der Waals surface area contributed by atoms with Crippen LogP contribution >= 0.6 is 7.60 Å². The van der Waals surface area contributed by atoms with Crippen molar-refractivity contribution >= 4 is 15.7 Å². The van der Waals surface area contributed by atoms with E-state index in [-0.39, 0.29) is 11.7 Å². The van der Waals surface area contributed by atoms with E-state index in [9.17, 15) is 4.57 Å². The molecule has 5 heteroatoms. The zero-order valence-corrected chi connectivity index (χ0v) is 11.6. The van der Waals surface area contributed by atoms with E-state index in [1.165, 1.54) is 0 Å². The normalized spacial score (nSPS) is 15.6. The molecule has 0 saturated carbocycles. The maximum atomic E-state index is 11.0. The lowest BCUT2D eigenvalue weighted by molar-refractivity contribution is 0.372. The molecule has 1 atom stereocenters. The maximum absolute atomic E-state index is 11.0. The third-order valence-electron chi connectivity index (χ3n) is 3.67. The molecule has 3 nitrogen and oxygen atoms in total. The van der Waals surface area contributed by atoms with Crippen molar-refractivity contribution in [2.45, 2.75) is 51.4 Å². The van der Waals surface area contributed by atoms with Crippen LogP contribution in [0.2, 0.25) is 23.7 Å². The highest BCUT2D eigenvalue weighted by Gasteiger charge is 2.36. The van der Waals surface area contributed by atoms with Crippen LogP contribution in [0, 0.1) is 0 Å². The van der Waals surface area contributed by atoms with E-state index in [0.29, 0.717) is 0 Å². The van der Waals surface area contributed by atoms with Gasteiger partial charge in [-0.1, -0.05) is 45.8 Å². The van der Waals surface area contributed by atoms with Crippen LogP contribution in [0.4, 0.5) is 0 Å². The van der Waals surface area contributed by atoms with Crippen LogP contribution in [0.25, 0.3) is 0 Å². The van der Waals surface area contributed by atoms with E-state index in [2.05, 4.69) is 20.8 Å². The molecule has 0 spiro atoms. The van der Waals surface area contributed by atoms with Crippen LogP contribution in [0.1, 0.15) is 27.7 Å². The summed E-state index contributed by atoms with van der Waals surface area (Å²) in [4.78, 5) is 17.9. The van der Waals surface area contributed by atoms with E-state index in [1.807, 2.05) is 6.92 Å². The summed E-state index contributed by atoms with van der Waals surface area (Å²) in [5.41, 5.74) is 0.225. The fraction of sp³-hybridized carbons (Fsp3) is 1.00. The Morgan fingerprint density at radius 2 is 1.50 bits per heavy atom. The van der Waals surface area contributed by atoms with Crippen LogP contribution in [0.15, 0.2) is 0 Å². The van der Waals surface area contributed by atoms with E-state index in [4.69, 9.17) is 9.79 Å². The van der Waals surface area contributed by atoms with Gasteiger partial charge < -0.3 is 9.79 Å². The van der Waals surface area contributed by atoms with Gasteiger partial charge in [-0.2, -0.15) is 0 Å². The Balaban J connectivity index is 4.60. The average Bonchev–Trinajstić information content (AvgIpc) is 2.05. The largest absolute Gasteiger partial charge is 0.325 e. The minimum Gasteiger partial charge on any atom is -0.324 e. The lowest BCUT2D eigenvalue weighted by Crippen LogP contribution is -2.37. The molecule has 0 unspecified atom stereocenters. The zero-order valence-electron chi connectivity index (χ0n) is 9.66. The Morgan fingerprint density at radius 3 is 1.71 bits per heavy atom. The molecule has 0 radical (unpaired) electrons. The van der Waals surface area contributed by atoms with Crippen LogP contribution in [-0.4, -0.2) is 24.0 Å². The van der Waals surface area contributed by atoms with Crippen molar-refractivity contribution in [2.24, 2.45) is 0 Å². The Morgan fingerprint density at radius 1 is 1.14 bits per heavy atom. The van der Waals surface area contributed by atoms with Crippen molar-refractivity contribution in [3.63, 3.8) is 0 Å². The van der Waals surface area contributed by atoms with Crippen LogP contribution in [0.3, 0.4) is 0 Å². The van der Waals surface area contributed by atoms with Gasteiger partial charge in [0.15, 0.2) is 0 Å². The lowest BCUT2D eigenvalue weighted by atomic mass is 10.5. The molecule has 0 rings (SSSR count). The van der Waals surface area contributed by atoms with Gasteiger partial charge in [0, 0.05) is 0 Å². The molecule has 0 heterocycles. The molecular formula is C9H23O3PSi. The van der Waals surface area contributed by atoms with Gasteiger partial charge in [-0.15, -0.1) is 0 Å². The second-order valence-electron chi connectivity index (χ2n) is 4.17. The van der Waals surface area contributed by atoms with Crippen molar-refractivity contribution < 1.29 is 14.4 Å². The topological polar surface area (TPSA) is 57.5 Å². The highest BCUT2D eigenvalue weighted by atomic mass is 31.2. The lowest BCUT2D eigenvalue weighted by Gasteiger charge is -2.34. The Hall–Kier alpha value is 0.367. The van der Waals surface area contributed by atoms with Gasteiger partial charge in [-0.3, -0.25) is 4.57 Å². The van der Waals surface area contributed by atoms with E-state index in [1.54, 1.807) is 0 Å². The quantitative estimate of drug-likeness (QED) is 0.552. The third-order valence-corrected chi connectivity index (χ3v) is 11.6. The van der Waals surface area contributed by atoms with Crippen molar-refractivity contribution in [3.05, 3.63) is 0 Å².